The first kappa shape index (κ1) is 12.5. The van der Waals surface area contributed by atoms with Crippen LogP contribution in [0.3, 0.4) is 0 Å². The number of benzene rings is 2. The Morgan fingerprint density at radius 1 is 1.17 bits per heavy atom. The van der Waals surface area contributed by atoms with Gasteiger partial charge in [0.2, 0.25) is 0 Å². The molecule has 0 fully saturated rings. The number of halogens is 1. The molecule has 0 atom stereocenters. The Hall–Kier alpha value is -2.00. The van der Waals surface area contributed by atoms with Gasteiger partial charge in [-0.15, -0.1) is 0 Å². The van der Waals surface area contributed by atoms with Gasteiger partial charge in [0, 0.05) is 10.6 Å². The van der Waals surface area contributed by atoms with Crippen LogP contribution in [0.15, 0.2) is 48.5 Å². The summed E-state index contributed by atoms with van der Waals surface area (Å²) in [5.74, 6) is -0.312. The Bertz CT molecular complexity index is 552. The van der Waals surface area contributed by atoms with Crippen LogP contribution in [0, 0.1) is 0 Å². The van der Waals surface area contributed by atoms with Crippen molar-refractivity contribution in [2.75, 3.05) is 0 Å². The number of hydrogen-bond acceptors (Lipinski definition) is 2. The van der Waals surface area contributed by atoms with E-state index in [-0.39, 0.29) is 12.2 Å². The molecule has 0 aliphatic carbocycles. The number of para-hydroxylation sites is 1. The molecule has 4 heteroatoms. The maximum Gasteiger partial charge on any atom is 0.336 e. The Kier molecular flexibility index (Phi) is 3.85. The first-order valence-electron chi connectivity index (χ1n) is 5.36. The zero-order valence-electron chi connectivity index (χ0n) is 9.47. The number of hydrogen-bond donors (Lipinski definition) is 1. The van der Waals surface area contributed by atoms with Crippen molar-refractivity contribution >= 4 is 17.6 Å². The number of rotatable bonds is 4. The summed E-state index contributed by atoms with van der Waals surface area (Å²) in [6.45, 7) is 0.197. The van der Waals surface area contributed by atoms with Gasteiger partial charge in [-0.25, -0.2) is 4.79 Å². The number of carboxylic acids is 1. The molecule has 3 nitrogen and oxygen atoms in total. The zero-order valence-corrected chi connectivity index (χ0v) is 10.2. The van der Waals surface area contributed by atoms with Crippen molar-refractivity contribution in [3.63, 3.8) is 0 Å². The lowest BCUT2D eigenvalue weighted by molar-refractivity contribution is 0.0694. The van der Waals surface area contributed by atoms with Crippen LogP contribution in [0.2, 0.25) is 5.02 Å². The lowest BCUT2D eigenvalue weighted by Gasteiger charge is -2.09. The van der Waals surface area contributed by atoms with Gasteiger partial charge in [0.05, 0.1) is 5.56 Å². The molecule has 2 rings (SSSR count). The highest BCUT2D eigenvalue weighted by molar-refractivity contribution is 6.30. The average molecular weight is 263 g/mol. The van der Waals surface area contributed by atoms with Gasteiger partial charge < -0.3 is 9.84 Å². The van der Waals surface area contributed by atoms with E-state index in [2.05, 4.69) is 0 Å². The van der Waals surface area contributed by atoms with Crippen molar-refractivity contribution in [3.8, 4) is 5.75 Å². The Morgan fingerprint density at radius 2 is 1.89 bits per heavy atom. The monoisotopic (exact) mass is 262 g/mol. The molecule has 0 aliphatic rings. The van der Waals surface area contributed by atoms with Gasteiger partial charge in [-0.3, -0.25) is 0 Å². The molecular weight excluding hydrogens is 252 g/mol. The van der Waals surface area contributed by atoms with Crippen LogP contribution in [-0.2, 0) is 6.61 Å². The first-order valence-corrected chi connectivity index (χ1v) is 5.74. The molecule has 0 aromatic heterocycles. The SMILES string of the molecule is O=C(O)c1cc(Cl)ccc1COc1ccccc1. The second-order valence-corrected chi connectivity index (χ2v) is 4.14. The third-order valence-corrected chi connectivity index (χ3v) is 2.67. The molecule has 0 saturated carbocycles. The number of aromatic carboxylic acids is 1. The third kappa shape index (κ3) is 3.02. The molecule has 0 radical (unpaired) electrons. The maximum absolute atomic E-state index is 11.1. The maximum atomic E-state index is 11.1. The highest BCUT2D eigenvalue weighted by Gasteiger charge is 2.11. The molecule has 92 valence electrons. The van der Waals surface area contributed by atoms with Crippen LogP contribution in [0.4, 0.5) is 0 Å². The van der Waals surface area contributed by atoms with Crippen LogP contribution in [0.1, 0.15) is 15.9 Å². The molecule has 0 heterocycles. The standard InChI is InChI=1S/C14H11ClO3/c15-11-7-6-10(13(8-11)14(16)17)9-18-12-4-2-1-3-5-12/h1-8H,9H2,(H,16,17). The van der Waals surface area contributed by atoms with Crippen molar-refractivity contribution in [1.29, 1.82) is 0 Å². The van der Waals surface area contributed by atoms with E-state index in [1.807, 2.05) is 30.3 Å². The predicted molar refractivity (Wildman–Crippen MR) is 69.2 cm³/mol. The molecule has 0 unspecified atom stereocenters. The van der Waals surface area contributed by atoms with Gasteiger partial charge in [0.25, 0.3) is 0 Å². The molecule has 0 spiro atoms. The summed E-state index contributed by atoms with van der Waals surface area (Å²) in [5, 5.41) is 9.47. The Balaban J connectivity index is 2.17. The third-order valence-electron chi connectivity index (χ3n) is 2.44. The van der Waals surface area contributed by atoms with E-state index in [1.54, 1.807) is 12.1 Å². The fourth-order valence-electron chi connectivity index (χ4n) is 1.55. The van der Waals surface area contributed by atoms with Crippen molar-refractivity contribution < 1.29 is 14.6 Å². The molecule has 2 aromatic rings. The van der Waals surface area contributed by atoms with E-state index < -0.39 is 5.97 Å². The van der Waals surface area contributed by atoms with E-state index in [0.29, 0.717) is 16.3 Å². The summed E-state index contributed by atoms with van der Waals surface area (Å²) < 4.78 is 5.52. The van der Waals surface area contributed by atoms with E-state index >= 15 is 0 Å². The molecule has 1 N–H and O–H groups in total. The first-order chi connectivity index (χ1) is 8.66. The van der Waals surface area contributed by atoms with Crippen LogP contribution in [0.5, 0.6) is 5.75 Å². The molecule has 0 saturated heterocycles. The molecule has 2 aromatic carbocycles. The van der Waals surface area contributed by atoms with Gasteiger partial charge >= 0.3 is 5.97 Å². The van der Waals surface area contributed by atoms with Gasteiger partial charge in [0.1, 0.15) is 12.4 Å². The minimum atomic E-state index is -1.01. The van der Waals surface area contributed by atoms with Gasteiger partial charge in [0.15, 0.2) is 0 Å². The Labute approximate surface area is 110 Å². The van der Waals surface area contributed by atoms with Gasteiger partial charge in [-0.05, 0) is 24.3 Å². The van der Waals surface area contributed by atoms with Crippen LogP contribution in [-0.4, -0.2) is 11.1 Å². The van der Waals surface area contributed by atoms with E-state index in [1.165, 1.54) is 6.07 Å². The van der Waals surface area contributed by atoms with Crippen LogP contribution >= 0.6 is 11.6 Å². The number of carboxylic acid groups (broad SMARTS) is 1. The number of carbonyl (C=O) groups is 1. The number of ether oxygens (including phenoxy) is 1. The summed E-state index contributed by atoms with van der Waals surface area (Å²) in [6, 6.07) is 14.0. The molecule has 0 aliphatic heterocycles. The zero-order chi connectivity index (χ0) is 13.0. The van der Waals surface area contributed by atoms with Gasteiger partial charge in [-0.2, -0.15) is 0 Å². The topological polar surface area (TPSA) is 46.5 Å². The summed E-state index contributed by atoms with van der Waals surface area (Å²) >= 11 is 5.77. The predicted octanol–water partition coefficient (Wildman–Crippen LogP) is 3.62. The van der Waals surface area contributed by atoms with Crippen LogP contribution < -0.4 is 4.74 Å². The van der Waals surface area contributed by atoms with Crippen molar-refractivity contribution in [2.45, 2.75) is 6.61 Å². The minimum Gasteiger partial charge on any atom is -0.489 e. The molecule has 0 bridgehead atoms. The Morgan fingerprint density at radius 3 is 2.56 bits per heavy atom. The van der Waals surface area contributed by atoms with E-state index in [4.69, 9.17) is 21.4 Å². The molecular formula is C14H11ClO3. The van der Waals surface area contributed by atoms with Crippen molar-refractivity contribution in [1.82, 2.24) is 0 Å². The summed E-state index contributed by atoms with van der Waals surface area (Å²) in [6.07, 6.45) is 0. The summed E-state index contributed by atoms with van der Waals surface area (Å²) in [4.78, 5) is 11.1. The largest absolute Gasteiger partial charge is 0.489 e. The van der Waals surface area contributed by atoms with Crippen molar-refractivity contribution in [2.24, 2.45) is 0 Å². The van der Waals surface area contributed by atoms with Gasteiger partial charge in [-0.1, -0.05) is 35.9 Å². The lowest BCUT2D eigenvalue weighted by Crippen LogP contribution is -2.05. The second-order valence-electron chi connectivity index (χ2n) is 3.71. The van der Waals surface area contributed by atoms with E-state index in [9.17, 15) is 4.79 Å². The summed E-state index contributed by atoms with van der Waals surface area (Å²) in [5.41, 5.74) is 0.759. The summed E-state index contributed by atoms with van der Waals surface area (Å²) in [7, 11) is 0. The minimum absolute atomic E-state index is 0.165. The molecule has 0 amide bonds. The van der Waals surface area contributed by atoms with E-state index in [0.717, 1.165) is 0 Å². The highest BCUT2D eigenvalue weighted by atomic mass is 35.5. The average Bonchev–Trinajstić information content (AvgIpc) is 2.38. The van der Waals surface area contributed by atoms with Crippen LogP contribution in [0.25, 0.3) is 0 Å². The highest BCUT2D eigenvalue weighted by Crippen LogP contribution is 2.18. The normalized spacial score (nSPS) is 10.1. The van der Waals surface area contributed by atoms with Crippen molar-refractivity contribution in [3.05, 3.63) is 64.7 Å². The second kappa shape index (κ2) is 5.56. The smallest absolute Gasteiger partial charge is 0.336 e. The molecule has 18 heavy (non-hydrogen) atoms. The fourth-order valence-corrected chi connectivity index (χ4v) is 1.72. The fraction of sp³-hybridized carbons (Fsp3) is 0.0714. The quantitative estimate of drug-likeness (QED) is 0.915. The lowest BCUT2D eigenvalue weighted by atomic mass is 10.1.